The van der Waals surface area contributed by atoms with Crippen molar-refractivity contribution >= 4 is 10.0 Å². The summed E-state index contributed by atoms with van der Waals surface area (Å²) in [4.78, 5) is 8.72. The normalized spacial score (nSPS) is 19.9. The molecule has 2 rings (SSSR count). The predicted octanol–water partition coefficient (Wildman–Crippen LogP) is 1.20. The van der Waals surface area contributed by atoms with Crippen LogP contribution in [0.5, 0.6) is 0 Å². The Hall–Kier alpha value is -1.05. The van der Waals surface area contributed by atoms with Crippen LogP contribution in [0, 0.1) is 0 Å². The molecule has 0 amide bonds. The highest BCUT2D eigenvalue weighted by Crippen LogP contribution is 2.22. The summed E-state index contributed by atoms with van der Waals surface area (Å²) in [7, 11) is -3.20. The first-order valence-electron chi connectivity index (χ1n) is 6.97. The summed E-state index contributed by atoms with van der Waals surface area (Å²) < 4.78 is 31.2. The smallest absolute Gasteiger partial charge is 0.211 e. The van der Waals surface area contributed by atoms with Gasteiger partial charge in [-0.05, 0) is 25.3 Å². The summed E-state index contributed by atoms with van der Waals surface area (Å²) in [5.41, 5.74) is 0.695. The molecule has 2 heterocycles. The Morgan fingerprint density at radius 2 is 2.35 bits per heavy atom. The molecule has 0 radical (unpaired) electrons. The topological polar surface area (TPSA) is 81.2 Å². The van der Waals surface area contributed by atoms with Crippen molar-refractivity contribution < 1.29 is 13.2 Å². The number of hydrogen-bond acceptors (Lipinski definition) is 5. The summed E-state index contributed by atoms with van der Waals surface area (Å²) in [6.45, 7) is 3.49. The van der Waals surface area contributed by atoms with Crippen molar-refractivity contribution in [3.63, 3.8) is 0 Å². The molecule has 0 aliphatic carbocycles. The first-order chi connectivity index (χ1) is 9.61. The van der Waals surface area contributed by atoms with Gasteiger partial charge in [-0.3, -0.25) is 0 Å². The number of nitrogens with one attached hydrogen (secondary N) is 1. The van der Waals surface area contributed by atoms with Crippen LogP contribution in [0.2, 0.25) is 0 Å². The highest BCUT2D eigenvalue weighted by molar-refractivity contribution is 7.89. The van der Waals surface area contributed by atoms with Crippen LogP contribution >= 0.6 is 0 Å². The van der Waals surface area contributed by atoms with Crippen LogP contribution in [-0.2, 0) is 21.3 Å². The molecule has 0 aromatic carbocycles. The lowest BCUT2D eigenvalue weighted by Crippen LogP contribution is -2.26. The van der Waals surface area contributed by atoms with Crippen molar-refractivity contribution in [3.05, 3.63) is 23.8 Å². The molecule has 0 bridgehead atoms. The quantitative estimate of drug-likeness (QED) is 0.853. The molecule has 1 saturated heterocycles. The number of nitrogens with zero attached hydrogens (tertiary/aromatic N) is 2. The zero-order chi connectivity index (χ0) is 14.4. The van der Waals surface area contributed by atoms with Crippen LogP contribution < -0.4 is 4.72 Å². The monoisotopic (exact) mass is 299 g/mol. The Balaban J connectivity index is 1.99. The number of aromatic nitrogens is 2. The molecular formula is C13H21N3O3S. The first kappa shape index (κ1) is 15.3. The van der Waals surface area contributed by atoms with E-state index < -0.39 is 10.0 Å². The molecule has 1 atom stereocenters. The van der Waals surface area contributed by atoms with Gasteiger partial charge in [0.05, 0.1) is 24.6 Å². The fraction of sp³-hybridized carbons (Fsp3) is 0.692. The number of hydrogen-bond donors (Lipinski definition) is 1. The van der Waals surface area contributed by atoms with E-state index in [4.69, 9.17) is 4.74 Å². The summed E-state index contributed by atoms with van der Waals surface area (Å²) in [5.74, 6) is 1.11. The Labute approximate surface area is 120 Å². The van der Waals surface area contributed by atoms with E-state index in [1.807, 2.05) is 6.92 Å². The third-order valence-corrected chi connectivity index (χ3v) is 4.73. The molecule has 0 unspecified atom stereocenters. The minimum atomic E-state index is -3.20. The van der Waals surface area contributed by atoms with E-state index in [1.54, 1.807) is 12.3 Å². The van der Waals surface area contributed by atoms with E-state index in [1.165, 1.54) is 0 Å². The van der Waals surface area contributed by atoms with Gasteiger partial charge in [0.25, 0.3) is 0 Å². The molecule has 1 aliphatic rings. The predicted molar refractivity (Wildman–Crippen MR) is 75.7 cm³/mol. The third kappa shape index (κ3) is 4.50. The summed E-state index contributed by atoms with van der Waals surface area (Å²) in [6, 6.07) is 1.74. The Morgan fingerprint density at radius 1 is 1.50 bits per heavy atom. The highest BCUT2D eigenvalue weighted by atomic mass is 32.2. The van der Waals surface area contributed by atoms with Crippen LogP contribution in [0.1, 0.15) is 43.6 Å². The van der Waals surface area contributed by atoms with Crippen molar-refractivity contribution in [3.8, 4) is 0 Å². The van der Waals surface area contributed by atoms with E-state index in [2.05, 4.69) is 14.7 Å². The van der Waals surface area contributed by atoms with E-state index in [0.717, 1.165) is 25.3 Å². The van der Waals surface area contributed by atoms with Gasteiger partial charge in [-0.2, -0.15) is 0 Å². The van der Waals surface area contributed by atoms with Crippen LogP contribution in [-0.4, -0.2) is 37.4 Å². The number of sulfonamides is 1. The van der Waals surface area contributed by atoms with Gasteiger partial charge in [0.15, 0.2) is 0 Å². The molecule has 1 aromatic heterocycles. The second kappa shape index (κ2) is 7.10. The molecule has 1 N–H and O–H groups in total. The highest BCUT2D eigenvalue weighted by Gasteiger charge is 2.19. The first-order valence-corrected chi connectivity index (χ1v) is 8.63. The number of rotatable bonds is 6. The van der Waals surface area contributed by atoms with Gasteiger partial charge in [0.1, 0.15) is 5.82 Å². The average Bonchev–Trinajstić information content (AvgIpc) is 2.47. The van der Waals surface area contributed by atoms with Crippen molar-refractivity contribution in [2.75, 3.05) is 19.0 Å². The lowest BCUT2D eigenvalue weighted by molar-refractivity contribution is 0.0780. The van der Waals surface area contributed by atoms with Gasteiger partial charge < -0.3 is 4.74 Å². The molecule has 112 valence electrons. The largest absolute Gasteiger partial charge is 0.381 e. The molecule has 1 aliphatic heterocycles. The minimum absolute atomic E-state index is 0.140. The molecular weight excluding hydrogens is 278 g/mol. The van der Waals surface area contributed by atoms with Gasteiger partial charge in [-0.25, -0.2) is 23.1 Å². The SMILES string of the molecule is CCCS(=O)(=O)NCc1ccnc([C@@H]2CCCOC2)n1. The maximum absolute atomic E-state index is 11.6. The van der Waals surface area contributed by atoms with Gasteiger partial charge >= 0.3 is 0 Å². The van der Waals surface area contributed by atoms with Gasteiger partial charge in [0, 0.05) is 18.7 Å². The minimum Gasteiger partial charge on any atom is -0.381 e. The van der Waals surface area contributed by atoms with Crippen molar-refractivity contribution in [1.82, 2.24) is 14.7 Å². The average molecular weight is 299 g/mol. The molecule has 0 spiro atoms. The van der Waals surface area contributed by atoms with Crippen molar-refractivity contribution in [2.24, 2.45) is 0 Å². The van der Waals surface area contributed by atoms with Crippen LogP contribution in [0.4, 0.5) is 0 Å². The third-order valence-electron chi connectivity index (χ3n) is 3.20. The van der Waals surface area contributed by atoms with Crippen LogP contribution in [0.15, 0.2) is 12.3 Å². The second-order valence-corrected chi connectivity index (χ2v) is 6.89. The molecule has 0 saturated carbocycles. The lowest BCUT2D eigenvalue weighted by atomic mass is 10.0. The maximum atomic E-state index is 11.6. The van der Waals surface area contributed by atoms with Crippen LogP contribution in [0.25, 0.3) is 0 Å². The van der Waals surface area contributed by atoms with Crippen molar-refractivity contribution in [2.45, 2.75) is 38.6 Å². The Kier molecular flexibility index (Phi) is 5.45. The van der Waals surface area contributed by atoms with Gasteiger partial charge in [-0.15, -0.1) is 0 Å². The fourth-order valence-electron chi connectivity index (χ4n) is 2.18. The van der Waals surface area contributed by atoms with Gasteiger partial charge in [0.2, 0.25) is 10.0 Å². The number of ether oxygens (including phenoxy) is 1. The van der Waals surface area contributed by atoms with Crippen LogP contribution in [0.3, 0.4) is 0 Å². The molecule has 1 fully saturated rings. The lowest BCUT2D eigenvalue weighted by Gasteiger charge is -2.20. The van der Waals surface area contributed by atoms with E-state index >= 15 is 0 Å². The molecule has 20 heavy (non-hydrogen) atoms. The fourth-order valence-corrected chi connectivity index (χ4v) is 3.23. The molecule has 7 heteroatoms. The standard InChI is InChI=1S/C13H21N3O3S/c1-2-8-20(17,18)15-9-12-5-6-14-13(16-12)11-4-3-7-19-10-11/h5-6,11,15H,2-4,7-10H2,1H3/t11-/m1/s1. The summed E-state index contributed by atoms with van der Waals surface area (Å²) in [6.07, 6.45) is 4.32. The van der Waals surface area contributed by atoms with Crippen molar-refractivity contribution in [1.29, 1.82) is 0 Å². The van der Waals surface area contributed by atoms with E-state index in [9.17, 15) is 8.42 Å². The van der Waals surface area contributed by atoms with E-state index in [-0.39, 0.29) is 18.2 Å². The maximum Gasteiger partial charge on any atom is 0.211 e. The molecule has 1 aromatic rings. The zero-order valence-electron chi connectivity index (χ0n) is 11.7. The second-order valence-electron chi connectivity index (χ2n) is 4.96. The van der Waals surface area contributed by atoms with Gasteiger partial charge in [-0.1, -0.05) is 6.92 Å². The summed E-state index contributed by atoms with van der Waals surface area (Å²) >= 11 is 0. The van der Waals surface area contributed by atoms with E-state index in [0.29, 0.717) is 18.7 Å². The Morgan fingerprint density at radius 3 is 3.05 bits per heavy atom. The Bertz CT molecular complexity index is 527. The molecule has 6 nitrogen and oxygen atoms in total. The summed E-state index contributed by atoms with van der Waals surface area (Å²) in [5, 5.41) is 0. The zero-order valence-corrected chi connectivity index (χ0v) is 12.5.